The molecule has 26 heavy (non-hydrogen) atoms. The molecule has 140 valence electrons. The molecule has 2 saturated heterocycles. The highest BCUT2D eigenvalue weighted by atomic mass is 35.5. The van der Waals surface area contributed by atoms with Gasteiger partial charge in [-0.25, -0.2) is 4.98 Å². The van der Waals surface area contributed by atoms with Gasteiger partial charge < -0.3 is 29.6 Å². The van der Waals surface area contributed by atoms with Crippen molar-refractivity contribution in [2.75, 3.05) is 25.1 Å². The number of aromatic amines is 1. The Bertz CT molecular complexity index is 811. The first kappa shape index (κ1) is 16.6. The molecule has 0 unspecified atom stereocenters. The lowest BCUT2D eigenvalue weighted by Crippen LogP contribution is -2.34. The third-order valence-corrected chi connectivity index (χ3v) is 5.72. The van der Waals surface area contributed by atoms with Crippen LogP contribution in [0.3, 0.4) is 0 Å². The molecular formula is C17H21ClN4O4. The number of H-pyrrole nitrogens is 1. The van der Waals surface area contributed by atoms with Crippen LogP contribution in [0.1, 0.15) is 19.3 Å². The van der Waals surface area contributed by atoms with E-state index in [-0.39, 0.29) is 24.9 Å². The van der Waals surface area contributed by atoms with Crippen molar-refractivity contribution >= 4 is 28.6 Å². The topological polar surface area (TPSA) is 102 Å². The summed E-state index contributed by atoms with van der Waals surface area (Å²) in [6.45, 7) is 1.50. The standard InChI is InChI=1S/C17H21ClN4O4/c18-9-4-10-16(21-15(9)19-5-8-2-1-3-8)22-17(20-10)26-12-7-25-13-11(23)6-24-14(12)13/h4,8,11-14,23H,1-3,5-7H2,(H2,19,20,21,22)/t11-,12-,13-,14-/m1/s1. The van der Waals surface area contributed by atoms with Crippen LogP contribution in [-0.2, 0) is 9.47 Å². The second kappa shape index (κ2) is 6.53. The fraction of sp³-hybridized carbons (Fsp3) is 0.647. The van der Waals surface area contributed by atoms with Gasteiger partial charge in [-0.1, -0.05) is 18.0 Å². The molecule has 2 aromatic rings. The van der Waals surface area contributed by atoms with E-state index in [4.69, 9.17) is 25.8 Å². The molecule has 9 heteroatoms. The average molecular weight is 381 g/mol. The van der Waals surface area contributed by atoms with Crippen molar-refractivity contribution in [1.29, 1.82) is 0 Å². The van der Waals surface area contributed by atoms with Crippen molar-refractivity contribution in [1.82, 2.24) is 15.0 Å². The van der Waals surface area contributed by atoms with Gasteiger partial charge in [-0.3, -0.25) is 0 Å². The number of hydrogen-bond acceptors (Lipinski definition) is 7. The molecule has 5 rings (SSSR count). The van der Waals surface area contributed by atoms with Crippen LogP contribution in [0.5, 0.6) is 6.01 Å². The Morgan fingerprint density at radius 3 is 2.92 bits per heavy atom. The van der Waals surface area contributed by atoms with Gasteiger partial charge in [0.15, 0.2) is 11.8 Å². The number of rotatable bonds is 5. The maximum Gasteiger partial charge on any atom is 0.296 e. The summed E-state index contributed by atoms with van der Waals surface area (Å²) < 4.78 is 17.0. The summed E-state index contributed by atoms with van der Waals surface area (Å²) in [6.07, 6.45) is 2.29. The highest BCUT2D eigenvalue weighted by Crippen LogP contribution is 2.31. The molecule has 0 aromatic carbocycles. The summed E-state index contributed by atoms with van der Waals surface area (Å²) in [5, 5.41) is 13.7. The minimum absolute atomic E-state index is 0.266. The third-order valence-electron chi connectivity index (χ3n) is 5.43. The van der Waals surface area contributed by atoms with E-state index in [0.29, 0.717) is 40.5 Å². The molecule has 4 atom stereocenters. The number of fused-ring (bicyclic) bond motifs is 2. The monoisotopic (exact) mass is 380 g/mol. The van der Waals surface area contributed by atoms with Gasteiger partial charge in [-0.15, -0.1) is 0 Å². The van der Waals surface area contributed by atoms with Crippen molar-refractivity contribution in [2.45, 2.75) is 43.7 Å². The lowest BCUT2D eigenvalue weighted by atomic mass is 9.85. The van der Waals surface area contributed by atoms with Crippen molar-refractivity contribution in [3.05, 3.63) is 11.1 Å². The predicted molar refractivity (Wildman–Crippen MR) is 94.6 cm³/mol. The molecule has 3 fully saturated rings. The molecule has 0 spiro atoms. The third kappa shape index (κ3) is 2.90. The smallest absolute Gasteiger partial charge is 0.296 e. The van der Waals surface area contributed by atoms with Crippen molar-refractivity contribution in [2.24, 2.45) is 5.92 Å². The first-order valence-electron chi connectivity index (χ1n) is 9.05. The number of imidazole rings is 1. The van der Waals surface area contributed by atoms with E-state index < -0.39 is 6.10 Å². The molecule has 1 saturated carbocycles. The fourth-order valence-corrected chi connectivity index (χ4v) is 3.92. The number of aromatic nitrogens is 3. The Hall–Kier alpha value is -1.61. The minimum Gasteiger partial charge on any atom is -0.456 e. The number of ether oxygens (including phenoxy) is 3. The summed E-state index contributed by atoms with van der Waals surface area (Å²) in [6, 6.07) is 2.15. The Labute approximate surface area is 155 Å². The zero-order chi connectivity index (χ0) is 17.7. The first-order chi connectivity index (χ1) is 12.7. The number of hydrogen-bond donors (Lipinski definition) is 3. The number of nitrogens with one attached hydrogen (secondary N) is 2. The van der Waals surface area contributed by atoms with Gasteiger partial charge in [0.1, 0.15) is 24.1 Å². The average Bonchev–Trinajstić information content (AvgIpc) is 3.24. The van der Waals surface area contributed by atoms with Crippen LogP contribution in [0.25, 0.3) is 11.2 Å². The Morgan fingerprint density at radius 1 is 1.27 bits per heavy atom. The fourth-order valence-electron chi connectivity index (χ4n) is 3.70. The van der Waals surface area contributed by atoms with Crippen LogP contribution >= 0.6 is 11.6 Å². The summed E-state index contributed by atoms with van der Waals surface area (Å²) >= 11 is 6.34. The molecule has 0 amide bonds. The molecule has 8 nitrogen and oxygen atoms in total. The van der Waals surface area contributed by atoms with Crippen LogP contribution in [0.2, 0.25) is 5.02 Å². The minimum atomic E-state index is -0.603. The molecule has 3 N–H and O–H groups in total. The zero-order valence-corrected chi connectivity index (χ0v) is 14.9. The highest BCUT2D eigenvalue weighted by molar-refractivity contribution is 6.33. The number of aliphatic hydroxyl groups excluding tert-OH is 1. The van der Waals surface area contributed by atoms with Crippen LogP contribution in [0.15, 0.2) is 6.07 Å². The summed E-state index contributed by atoms with van der Waals surface area (Å²) in [5.74, 6) is 1.36. The molecule has 1 aliphatic carbocycles. The molecular weight excluding hydrogens is 360 g/mol. The number of aliphatic hydroxyl groups is 1. The van der Waals surface area contributed by atoms with Crippen LogP contribution in [0.4, 0.5) is 5.82 Å². The van der Waals surface area contributed by atoms with Gasteiger partial charge in [0.05, 0.1) is 23.8 Å². The largest absolute Gasteiger partial charge is 0.456 e. The Balaban J connectivity index is 1.31. The zero-order valence-electron chi connectivity index (χ0n) is 14.2. The van der Waals surface area contributed by atoms with E-state index >= 15 is 0 Å². The van der Waals surface area contributed by atoms with E-state index in [2.05, 4.69) is 20.3 Å². The number of pyridine rings is 1. The summed E-state index contributed by atoms with van der Waals surface area (Å²) in [4.78, 5) is 12.0. The van der Waals surface area contributed by atoms with Gasteiger partial charge >= 0.3 is 0 Å². The summed E-state index contributed by atoms with van der Waals surface area (Å²) in [5.41, 5.74) is 1.25. The summed E-state index contributed by atoms with van der Waals surface area (Å²) in [7, 11) is 0. The van der Waals surface area contributed by atoms with Crippen LogP contribution in [0, 0.1) is 5.92 Å². The first-order valence-corrected chi connectivity index (χ1v) is 9.43. The van der Waals surface area contributed by atoms with Crippen LogP contribution < -0.4 is 10.1 Å². The van der Waals surface area contributed by atoms with Gasteiger partial charge in [0.2, 0.25) is 0 Å². The van der Waals surface area contributed by atoms with Gasteiger partial charge in [0, 0.05) is 6.54 Å². The molecule has 4 heterocycles. The highest BCUT2D eigenvalue weighted by Gasteiger charge is 2.48. The molecule has 2 aromatic heterocycles. The van der Waals surface area contributed by atoms with Crippen molar-refractivity contribution < 1.29 is 19.3 Å². The normalized spacial score (nSPS) is 31.2. The number of halogens is 1. The molecule has 0 radical (unpaired) electrons. The SMILES string of the molecule is O[C@@H]1CO[C@H]2[C@@H]1OC[C@H]2Oc1nc2nc(NCC3CCC3)c(Cl)cc2[nH]1. The van der Waals surface area contributed by atoms with E-state index in [1.54, 1.807) is 6.07 Å². The Morgan fingerprint density at radius 2 is 2.12 bits per heavy atom. The molecule has 3 aliphatic rings. The second-order valence-electron chi connectivity index (χ2n) is 7.23. The second-order valence-corrected chi connectivity index (χ2v) is 7.64. The maximum atomic E-state index is 9.81. The van der Waals surface area contributed by atoms with E-state index in [0.717, 1.165) is 6.54 Å². The maximum absolute atomic E-state index is 9.81. The molecule has 2 aliphatic heterocycles. The molecule has 0 bridgehead atoms. The lowest BCUT2D eigenvalue weighted by Gasteiger charge is -2.25. The van der Waals surface area contributed by atoms with Crippen molar-refractivity contribution in [3.63, 3.8) is 0 Å². The van der Waals surface area contributed by atoms with Gasteiger partial charge in [-0.05, 0) is 24.8 Å². The quantitative estimate of drug-likeness (QED) is 0.726. The van der Waals surface area contributed by atoms with Gasteiger partial charge in [0.25, 0.3) is 6.01 Å². The van der Waals surface area contributed by atoms with E-state index in [1.807, 2.05) is 0 Å². The lowest BCUT2D eigenvalue weighted by molar-refractivity contribution is 0.00706. The van der Waals surface area contributed by atoms with E-state index in [1.165, 1.54) is 19.3 Å². The Kier molecular flexibility index (Phi) is 4.16. The number of nitrogens with zero attached hydrogens (tertiary/aromatic N) is 2. The van der Waals surface area contributed by atoms with Crippen molar-refractivity contribution in [3.8, 4) is 6.01 Å². The predicted octanol–water partition coefficient (Wildman–Crippen LogP) is 1.73. The number of anilines is 1. The van der Waals surface area contributed by atoms with Gasteiger partial charge in [-0.2, -0.15) is 4.98 Å². The van der Waals surface area contributed by atoms with E-state index in [9.17, 15) is 5.11 Å². The van der Waals surface area contributed by atoms with Crippen LogP contribution in [-0.4, -0.2) is 64.2 Å².